The molecule has 0 saturated heterocycles. The number of aryl methyl sites for hydroxylation is 1. The first-order valence-electron chi connectivity index (χ1n) is 3.07. The van der Waals surface area contributed by atoms with Crippen molar-refractivity contribution in [1.82, 2.24) is 0 Å². The molecule has 3 nitrogen and oxygen atoms in total. The Morgan fingerprint density at radius 1 is 1.55 bits per heavy atom. The van der Waals surface area contributed by atoms with Gasteiger partial charge in [-0.05, 0) is 24.6 Å². The van der Waals surface area contributed by atoms with E-state index >= 15 is 0 Å². The Bertz CT molecular complexity index is 275. The molecule has 0 atom stereocenters. The summed E-state index contributed by atoms with van der Waals surface area (Å²) in [5, 5.41) is 10.0. The maximum Gasteiger partial charge on any atom is 0.265 e. The van der Waals surface area contributed by atoms with Gasteiger partial charge >= 0.3 is 0 Å². The smallest absolute Gasteiger partial charge is 0.250 e. The van der Waals surface area contributed by atoms with Gasteiger partial charge in [0.2, 0.25) is 0 Å². The number of nitrogens with zero attached hydrogens (tertiary/aromatic N) is 1. The first-order chi connectivity index (χ1) is 5.18. The SMILES string of the molecule is Cc1cccc(S[N+](=O)[O-])c1. The van der Waals surface area contributed by atoms with Crippen molar-refractivity contribution in [1.29, 1.82) is 0 Å². The Morgan fingerprint density at radius 3 is 2.82 bits per heavy atom. The van der Waals surface area contributed by atoms with Gasteiger partial charge in [-0.2, -0.15) is 0 Å². The average Bonchev–Trinajstić information content (AvgIpc) is 1.85. The second-order valence-corrected chi connectivity index (χ2v) is 3.08. The summed E-state index contributed by atoms with van der Waals surface area (Å²) in [7, 11) is 0. The highest BCUT2D eigenvalue weighted by atomic mass is 32.2. The van der Waals surface area contributed by atoms with Gasteiger partial charge in [0, 0.05) is 0 Å². The molecule has 1 rings (SSSR count). The lowest BCUT2D eigenvalue weighted by Crippen LogP contribution is -1.83. The standard InChI is InChI=1S/C7H7NO2S/c1-6-3-2-4-7(5-6)11-8(9)10/h2-5H,1H3. The summed E-state index contributed by atoms with van der Waals surface area (Å²) >= 11 is 0.635. The van der Waals surface area contributed by atoms with Crippen LogP contribution < -0.4 is 0 Å². The van der Waals surface area contributed by atoms with Gasteiger partial charge in [0.15, 0.2) is 0 Å². The topological polar surface area (TPSA) is 43.1 Å². The van der Waals surface area contributed by atoms with Crippen molar-refractivity contribution in [3.63, 3.8) is 0 Å². The van der Waals surface area contributed by atoms with E-state index in [0.717, 1.165) is 5.56 Å². The van der Waals surface area contributed by atoms with Crippen LogP contribution in [-0.4, -0.2) is 4.33 Å². The van der Waals surface area contributed by atoms with Crippen LogP contribution in [0.5, 0.6) is 0 Å². The third-order valence-corrected chi connectivity index (χ3v) is 1.78. The number of rotatable bonds is 2. The fourth-order valence-corrected chi connectivity index (χ4v) is 1.31. The lowest BCUT2D eigenvalue weighted by molar-refractivity contribution is -0.284. The van der Waals surface area contributed by atoms with E-state index in [1.165, 1.54) is 0 Å². The summed E-state index contributed by atoms with van der Waals surface area (Å²) in [6, 6.07) is 7.22. The first-order valence-corrected chi connectivity index (χ1v) is 3.85. The van der Waals surface area contributed by atoms with Crippen LogP contribution >= 0.6 is 11.9 Å². The van der Waals surface area contributed by atoms with Crippen LogP contribution in [0.1, 0.15) is 5.56 Å². The van der Waals surface area contributed by atoms with Crippen LogP contribution in [0.4, 0.5) is 0 Å². The second-order valence-electron chi connectivity index (χ2n) is 2.13. The molecule has 0 N–H and O–H groups in total. The van der Waals surface area contributed by atoms with Gasteiger partial charge < -0.3 is 0 Å². The number of benzene rings is 1. The monoisotopic (exact) mass is 169 g/mol. The molecular formula is C7H7NO2S. The molecule has 0 radical (unpaired) electrons. The summed E-state index contributed by atoms with van der Waals surface area (Å²) in [4.78, 5) is 10.7. The molecular weight excluding hydrogens is 162 g/mol. The van der Waals surface area contributed by atoms with Gasteiger partial charge in [-0.15, -0.1) is 0 Å². The predicted octanol–water partition coefficient (Wildman–Crippen LogP) is 2.28. The molecule has 0 spiro atoms. The molecule has 4 heteroatoms. The van der Waals surface area contributed by atoms with E-state index in [2.05, 4.69) is 0 Å². The Morgan fingerprint density at radius 2 is 2.27 bits per heavy atom. The van der Waals surface area contributed by atoms with Crippen molar-refractivity contribution in [3.05, 3.63) is 39.9 Å². The molecule has 58 valence electrons. The van der Waals surface area contributed by atoms with Crippen molar-refractivity contribution < 1.29 is 4.33 Å². The predicted molar refractivity (Wildman–Crippen MR) is 44.0 cm³/mol. The summed E-state index contributed by atoms with van der Waals surface area (Å²) in [5.74, 6) is 0. The minimum Gasteiger partial charge on any atom is -0.250 e. The maximum absolute atomic E-state index is 10.0. The van der Waals surface area contributed by atoms with E-state index < -0.39 is 4.33 Å². The number of nitro groups is 1. The van der Waals surface area contributed by atoms with Crippen molar-refractivity contribution in [3.8, 4) is 0 Å². The van der Waals surface area contributed by atoms with Crippen molar-refractivity contribution in [2.45, 2.75) is 11.8 Å². The molecule has 0 heterocycles. The normalized spacial score (nSPS) is 9.55. The fourth-order valence-electron chi connectivity index (χ4n) is 0.758. The highest BCUT2D eigenvalue weighted by molar-refractivity contribution is 7.93. The molecule has 1 aromatic rings. The zero-order chi connectivity index (χ0) is 8.27. The molecule has 11 heavy (non-hydrogen) atoms. The summed E-state index contributed by atoms with van der Waals surface area (Å²) in [6.45, 7) is 1.91. The molecule has 0 aromatic heterocycles. The minimum atomic E-state index is -0.408. The van der Waals surface area contributed by atoms with Gasteiger partial charge in [0.25, 0.3) is 11.9 Å². The largest absolute Gasteiger partial charge is 0.265 e. The van der Waals surface area contributed by atoms with Gasteiger partial charge in [0.1, 0.15) is 4.33 Å². The third-order valence-electron chi connectivity index (χ3n) is 1.17. The van der Waals surface area contributed by atoms with Crippen molar-refractivity contribution >= 4 is 11.9 Å². The molecule has 0 aliphatic carbocycles. The molecule has 0 bridgehead atoms. The number of hydrogen-bond acceptors (Lipinski definition) is 3. The summed E-state index contributed by atoms with van der Waals surface area (Å²) < 4.78 is -0.408. The van der Waals surface area contributed by atoms with E-state index in [9.17, 15) is 10.1 Å². The zero-order valence-corrected chi connectivity index (χ0v) is 6.80. The lowest BCUT2D eigenvalue weighted by atomic mass is 10.2. The summed E-state index contributed by atoms with van der Waals surface area (Å²) in [6.07, 6.45) is 0. The summed E-state index contributed by atoms with van der Waals surface area (Å²) in [5.41, 5.74) is 1.04. The van der Waals surface area contributed by atoms with E-state index in [0.29, 0.717) is 16.8 Å². The van der Waals surface area contributed by atoms with Crippen LogP contribution in [0.15, 0.2) is 29.2 Å². The van der Waals surface area contributed by atoms with E-state index in [4.69, 9.17) is 0 Å². The van der Waals surface area contributed by atoms with Crippen molar-refractivity contribution in [2.75, 3.05) is 0 Å². The minimum absolute atomic E-state index is 0.408. The van der Waals surface area contributed by atoms with Crippen LogP contribution in [0.2, 0.25) is 0 Å². The molecule has 0 unspecified atom stereocenters. The molecule has 0 amide bonds. The lowest BCUT2D eigenvalue weighted by Gasteiger charge is -1.92. The van der Waals surface area contributed by atoms with E-state index in [1.54, 1.807) is 18.2 Å². The third kappa shape index (κ3) is 2.59. The van der Waals surface area contributed by atoms with Crippen LogP contribution in [0.25, 0.3) is 0 Å². The quantitative estimate of drug-likeness (QED) is 0.387. The van der Waals surface area contributed by atoms with E-state index in [1.807, 2.05) is 13.0 Å². The Balaban J connectivity index is 2.79. The van der Waals surface area contributed by atoms with Crippen LogP contribution in [0.3, 0.4) is 0 Å². The van der Waals surface area contributed by atoms with Gasteiger partial charge in [-0.1, -0.05) is 12.1 Å². The average molecular weight is 169 g/mol. The van der Waals surface area contributed by atoms with Crippen LogP contribution in [-0.2, 0) is 0 Å². The van der Waals surface area contributed by atoms with Gasteiger partial charge in [0.05, 0.1) is 4.90 Å². The Labute approximate surface area is 68.7 Å². The number of hydrogen-bond donors (Lipinski definition) is 0. The Kier molecular flexibility index (Phi) is 2.48. The zero-order valence-electron chi connectivity index (χ0n) is 5.98. The maximum atomic E-state index is 10.0. The van der Waals surface area contributed by atoms with Gasteiger partial charge in [-0.25, -0.2) is 0 Å². The van der Waals surface area contributed by atoms with Crippen LogP contribution in [0, 0.1) is 17.0 Å². The second kappa shape index (κ2) is 3.39. The van der Waals surface area contributed by atoms with E-state index in [-0.39, 0.29) is 0 Å². The molecule has 1 aromatic carbocycles. The highest BCUT2D eigenvalue weighted by Crippen LogP contribution is 2.18. The highest BCUT2D eigenvalue weighted by Gasteiger charge is 2.03. The molecule has 0 aliphatic heterocycles. The van der Waals surface area contributed by atoms with Crippen molar-refractivity contribution in [2.24, 2.45) is 0 Å². The Hall–Kier alpha value is -1.03. The fraction of sp³-hybridized carbons (Fsp3) is 0.143. The first kappa shape index (κ1) is 8.07. The molecule has 0 aliphatic rings. The van der Waals surface area contributed by atoms with Gasteiger partial charge in [-0.3, -0.25) is 10.1 Å². The molecule has 0 fully saturated rings. The molecule has 0 saturated carbocycles.